The maximum Gasteiger partial charge on any atom is 0.416 e. The average molecular weight is 238 g/mol. The minimum atomic E-state index is -4.61. The summed E-state index contributed by atoms with van der Waals surface area (Å²) < 4.78 is 62.1. The molecule has 1 aromatic rings. The van der Waals surface area contributed by atoms with E-state index in [1.165, 1.54) is 0 Å². The number of hydrogen-bond donors (Lipinski definition) is 0. The van der Waals surface area contributed by atoms with Gasteiger partial charge >= 0.3 is 6.18 Å². The fourth-order valence-corrected chi connectivity index (χ4v) is 1.51. The maximum atomic E-state index is 12.2. The lowest BCUT2D eigenvalue weighted by Crippen LogP contribution is -2.08. The van der Waals surface area contributed by atoms with Gasteiger partial charge in [-0.2, -0.15) is 21.6 Å². The first-order chi connectivity index (χ1) is 6.77. The molecule has 0 saturated carbocycles. The zero-order chi connectivity index (χ0) is 11.7. The van der Waals surface area contributed by atoms with Crippen LogP contribution in [0.15, 0.2) is 29.2 Å². The van der Waals surface area contributed by atoms with E-state index < -0.39 is 26.8 Å². The van der Waals surface area contributed by atoms with Gasteiger partial charge in [-0.1, -0.05) is 6.07 Å². The van der Waals surface area contributed by atoms with Crippen LogP contribution in [0, 0.1) is 7.11 Å². The Hall–Kier alpha value is -1.08. The van der Waals surface area contributed by atoms with Crippen molar-refractivity contribution in [3.63, 3.8) is 0 Å². The topological polar surface area (TPSA) is 43.4 Å². The van der Waals surface area contributed by atoms with Crippen molar-refractivity contribution >= 4 is 10.1 Å². The van der Waals surface area contributed by atoms with Gasteiger partial charge in [0.05, 0.1) is 10.5 Å². The van der Waals surface area contributed by atoms with E-state index in [1.54, 1.807) is 0 Å². The van der Waals surface area contributed by atoms with Crippen LogP contribution in [-0.4, -0.2) is 8.42 Å². The molecule has 7 heteroatoms. The van der Waals surface area contributed by atoms with Crippen LogP contribution in [0.25, 0.3) is 0 Å². The summed E-state index contributed by atoms with van der Waals surface area (Å²) in [6.45, 7) is 0. The van der Waals surface area contributed by atoms with Crippen LogP contribution in [0.3, 0.4) is 0 Å². The Balaban J connectivity index is 3.27. The molecule has 0 amide bonds. The average Bonchev–Trinajstić information content (AvgIpc) is 2.17. The summed E-state index contributed by atoms with van der Waals surface area (Å²) in [4.78, 5) is -0.639. The molecule has 82 valence electrons. The number of alkyl halides is 3. The first-order valence-electron chi connectivity index (χ1n) is 3.58. The third kappa shape index (κ3) is 2.69. The number of halogens is 3. The Morgan fingerprint density at radius 2 is 1.87 bits per heavy atom. The Kier molecular flexibility index (Phi) is 3.05. The molecule has 3 nitrogen and oxygen atoms in total. The van der Waals surface area contributed by atoms with Crippen molar-refractivity contribution in [3.05, 3.63) is 36.9 Å². The van der Waals surface area contributed by atoms with E-state index >= 15 is 0 Å². The van der Waals surface area contributed by atoms with Crippen LogP contribution in [-0.2, 0) is 20.5 Å². The van der Waals surface area contributed by atoms with Crippen LogP contribution in [0.1, 0.15) is 5.56 Å². The summed E-state index contributed by atoms with van der Waals surface area (Å²) in [6, 6.07) is 3.10. The normalized spacial score (nSPS) is 12.8. The summed E-state index contributed by atoms with van der Waals surface area (Å²) in [5.41, 5.74) is -1.08. The second-order valence-corrected chi connectivity index (χ2v) is 4.15. The summed E-state index contributed by atoms with van der Waals surface area (Å²) in [5.74, 6) is 0. The van der Waals surface area contributed by atoms with E-state index in [2.05, 4.69) is 11.3 Å². The number of benzene rings is 1. The highest BCUT2D eigenvalue weighted by Crippen LogP contribution is 2.30. The van der Waals surface area contributed by atoms with Crippen molar-refractivity contribution in [3.8, 4) is 0 Å². The van der Waals surface area contributed by atoms with E-state index in [4.69, 9.17) is 0 Å². The molecule has 0 unspecified atom stereocenters. The summed E-state index contributed by atoms with van der Waals surface area (Å²) in [5, 5.41) is 0. The quantitative estimate of drug-likeness (QED) is 0.741. The predicted octanol–water partition coefficient (Wildman–Crippen LogP) is 2.08. The van der Waals surface area contributed by atoms with Crippen molar-refractivity contribution < 1.29 is 25.8 Å². The van der Waals surface area contributed by atoms with Gasteiger partial charge in [-0.3, -0.25) is 4.18 Å². The van der Waals surface area contributed by atoms with Gasteiger partial charge in [0, 0.05) is 0 Å². The zero-order valence-electron chi connectivity index (χ0n) is 7.15. The van der Waals surface area contributed by atoms with Gasteiger partial charge in [0.1, 0.15) is 7.11 Å². The minimum absolute atomic E-state index is 0.447. The van der Waals surface area contributed by atoms with Crippen LogP contribution < -0.4 is 0 Å². The predicted molar refractivity (Wildman–Crippen MR) is 44.0 cm³/mol. The van der Waals surface area contributed by atoms with E-state index in [0.717, 1.165) is 18.2 Å². The monoisotopic (exact) mass is 238 g/mol. The fourth-order valence-electron chi connectivity index (χ4n) is 0.883. The number of hydrogen-bond acceptors (Lipinski definition) is 3. The Bertz CT molecular complexity index is 450. The molecule has 0 heterocycles. The minimum Gasteiger partial charge on any atom is -0.257 e. The van der Waals surface area contributed by atoms with Crippen LogP contribution in [0.5, 0.6) is 0 Å². The molecule has 0 aliphatic heterocycles. The van der Waals surface area contributed by atoms with Crippen molar-refractivity contribution in [2.24, 2.45) is 0 Å². The highest BCUT2D eigenvalue weighted by molar-refractivity contribution is 7.86. The van der Waals surface area contributed by atoms with Gasteiger partial charge in [-0.25, -0.2) is 0 Å². The molecule has 0 aliphatic rings. The molecular formula is C8H5F3O3S. The van der Waals surface area contributed by atoms with Crippen molar-refractivity contribution in [2.45, 2.75) is 11.1 Å². The van der Waals surface area contributed by atoms with E-state index in [0.29, 0.717) is 6.07 Å². The largest absolute Gasteiger partial charge is 0.416 e. The summed E-state index contributed by atoms with van der Waals surface area (Å²) >= 11 is 0. The van der Waals surface area contributed by atoms with Gasteiger partial charge < -0.3 is 0 Å². The molecule has 0 atom stereocenters. The molecule has 1 rings (SSSR count). The zero-order valence-corrected chi connectivity index (χ0v) is 7.97. The van der Waals surface area contributed by atoms with Crippen LogP contribution >= 0.6 is 0 Å². The lowest BCUT2D eigenvalue weighted by Gasteiger charge is -2.07. The molecule has 0 spiro atoms. The van der Waals surface area contributed by atoms with Gasteiger partial charge in [0.25, 0.3) is 10.1 Å². The third-order valence-corrected chi connectivity index (χ3v) is 2.66. The second-order valence-electron chi connectivity index (χ2n) is 2.58. The lowest BCUT2D eigenvalue weighted by atomic mass is 10.2. The first-order valence-corrected chi connectivity index (χ1v) is 4.99. The smallest absolute Gasteiger partial charge is 0.257 e. The molecule has 0 saturated heterocycles. The molecule has 15 heavy (non-hydrogen) atoms. The molecule has 0 aliphatic carbocycles. The molecule has 2 radical (unpaired) electrons. The maximum absolute atomic E-state index is 12.2. The summed E-state index contributed by atoms with van der Waals surface area (Å²) in [6.07, 6.45) is -4.61. The van der Waals surface area contributed by atoms with E-state index in [9.17, 15) is 21.6 Å². The number of rotatable bonds is 2. The Labute approximate surface area is 84.6 Å². The van der Waals surface area contributed by atoms with Gasteiger partial charge in [0.2, 0.25) is 0 Å². The van der Waals surface area contributed by atoms with Crippen molar-refractivity contribution in [2.75, 3.05) is 0 Å². The van der Waals surface area contributed by atoms with Gasteiger partial charge in [0.15, 0.2) is 0 Å². The SMILES string of the molecule is [CH]OS(=O)(=O)c1cccc(C(F)(F)F)c1. The Morgan fingerprint density at radius 3 is 2.33 bits per heavy atom. The van der Waals surface area contributed by atoms with E-state index in [1.807, 2.05) is 0 Å². The standard InChI is InChI=1S/C8H5F3O3S/c1-14-15(12,13)7-4-2-3-6(5-7)8(9,10)11/h1-5H. The molecule has 0 N–H and O–H groups in total. The highest BCUT2D eigenvalue weighted by Gasteiger charge is 2.31. The van der Waals surface area contributed by atoms with E-state index in [-0.39, 0.29) is 0 Å². The van der Waals surface area contributed by atoms with Crippen molar-refractivity contribution in [1.29, 1.82) is 0 Å². The fraction of sp³-hybridized carbons (Fsp3) is 0.125. The molecule has 0 aromatic heterocycles. The van der Waals surface area contributed by atoms with Crippen LogP contribution in [0.2, 0.25) is 0 Å². The van der Waals surface area contributed by atoms with Crippen LogP contribution in [0.4, 0.5) is 13.2 Å². The summed E-state index contributed by atoms with van der Waals surface area (Å²) in [7, 11) is 0.125. The first kappa shape index (κ1) is 12.0. The third-order valence-electron chi connectivity index (χ3n) is 1.58. The van der Waals surface area contributed by atoms with Gasteiger partial charge in [-0.05, 0) is 18.2 Å². The molecule has 1 aromatic carbocycles. The Morgan fingerprint density at radius 1 is 1.27 bits per heavy atom. The molecular weight excluding hydrogens is 233 g/mol. The second kappa shape index (κ2) is 3.82. The van der Waals surface area contributed by atoms with Gasteiger partial charge in [-0.15, -0.1) is 0 Å². The molecule has 0 bridgehead atoms. The highest BCUT2D eigenvalue weighted by atomic mass is 32.2. The lowest BCUT2D eigenvalue weighted by molar-refractivity contribution is -0.137. The van der Waals surface area contributed by atoms with Crippen molar-refractivity contribution in [1.82, 2.24) is 0 Å². The molecule has 0 fully saturated rings.